The van der Waals surface area contributed by atoms with Gasteiger partial charge in [-0.05, 0) is 24.5 Å². The molecule has 1 aliphatic rings. The van der Waals surface area contributed by atoms with Crippen molar-refractivity contribution < 1.29 is 13.9 Å². The van der Waals surface area contributed by atoms with Gasteiger partial charge in [0.1, 0.15) is 11.6 Å². The Hall–Kier alpha value is -1.00. The fourth-order valence-corrected chi connectivity index (χ4v) is 1.89. The Kier molecular flexibility index (Phi) is 2.25. The highest BCUT2D eigenvalue weighted by Crippen LogP contribution is 2.30. The van der Waals surface area contributed by atoms with Crippen molar-refractivity contribution in [3.05, 3.63) is 34.9 Å². The first-order chi connectivity index (χ1) is 6.59. The summed E-state index contributed by atoms with van der Waals surface area (Å²) < 4.78 is 26.2. The molecule has 3 N–H and O–H groups in total. The molecule has 0 aliphatic heterocycles. The highest BCUT2D eigenvalue weighted by Gasteiger charge is 2.28. The molecule has 0 amide bonds. The molecule has 1 aliphatic carbocycles. The summed E-state index contributed by atoms with van der Waals surface area (Å²) >= 11 is 0. The molecule has 1 aromatic carbocycles. The van der Waals surface area contributed by atoms with Crippen molar-refractivity contribution in [2.75, 3.05) is 0 Å². The SMILES string of the molecule is NC1c2c(F)cc(F)cc2CCC1O. The predicted octanol–water partition coefficient (Wildman–Crippen LogP) is 1.27. The molecule has 2 rings (SSSR count). The lowest BCUT2D eigenvalue weighted by Crippen LogP contribution is -2.32. The van der Waals surface area contributed by atoms with Gasteiger partial charge in [0.05, 0.1) is 12.1 Å². The largest absolute Gasteiger partial charge is 0.391 e. The topological polar surface area (TPSA) is 46.2 Å². The van der Waals surface area contributed by atoms with Gasteiger partial charge in [0.25, 0.3) is 0 Å². The van der Waals surface area contributed by atoms with Crippen LogP contribution >= 0.6 is 0 Å². The number of fused-ring (bicyclic) bond motifs is 1. The predicted molar refractivity (Wildman–Crippen MR) is 47.6 cm³/mol. The van der Waals surface area contributed by atoms with E-state index in [2.05, 4.69) is 0 Å². The van der Waals surface area contributed by atoms with Gasteiger partial charge in [0, 0.05) is 11.6 Å². The highest BCUT2D eigenvalue weighted by molar-refractivity contribution is 5.35. The second kappa shape index (κ2) is 3.29. The second-order valence-corrected chi connectivity index (χ2v) is 3.59. The zero-order valence-corrected chi connectivity index (χ0v) is 7.50. The lowest BCUT2D eigenvalue weighted by molar-refractivity contribution is 0.126. The zero-order chi connectivity index (χ0) is 10.3. The van der Waals surface area contributed by atoms with Crippen molar-refractivity contribution in [3.8, 4) is 0 Å². The van der Waals surface area contributed by atoms with Gasteiger partial charge < -0.3 is 10.8 Å². The Morgan fingerprint density at radius 2 is 2.07 bits per heavy atom. The van der Waals surface area contributed by atoms with E-state index < -0.39 is 23.8 Å². The fourth-order valence-electron chi connectivity index (χ4n) is 1.89. The molecular weight excluding hydrogens is 188 g/mol. The number of aliphatic hydroxyl groups excluding tert-OH is 1. The first-order valence-electron chi connectivity index (χ1n) is 4.51. The van der Waals surface area contributed by atoms with E-state index in [1.807, 2.05) is 0 Å². The van der Waals surface area contributed by atoms with Crippen LogP contribution in [0.4, 0.5) is 8.78 Å². The average Bonchev–Trinajstić information content (AvgIpc) is 2.10. The number of hydrogen-bond donors (Lipinski definition) is 2. The van der Waals surface area contributed by atoms with Gasteiger partial charge >= 0.3 is 0 Å². The van der Waals surface area contributed by atoms with Crippen LogP contribution in [-0.4, -0.2) is 11.2 Å². The summed E-state index contributed by atoms with van der Waals surface area (Å²) in [6.45, 7) is 0. The highest BCUT2D eigenvalue weighted by atomic mass is 19.1. The fraction of sp³-hybridized carbons (Fsp3) is 0.400. The van der Waals surface area contributed by atoms with Crippen molar-refractivity contribution in [1.29, 1.82) is 0 Å². The number of hydrogen-bond acceptors (Lipinski definition) is 2. The molecule has 76 valence electrons. The minimum atomic E-state index is -0.737. The van der Waals surface area contributed by atoms with Crippen LogP contribution in [0.15, 0.2) is 12.1 Å². The number of rotatable bonds is 0. The van der Waals surface area contributed by atoms with Gasteiger partial charge in [-0.3, -0.25) is 0 Å². The molecule has 4 heteroatoms. The second-order valence-electron chi connectivity index (χ2n) is 3.59. The minimum Gasteiger partial charge on any atom is -0.391 e. The smallest absolute Gasteiger partial charge is 0.131 e. The quantitative estimate of drug-likeness (QED) is 0.661. The van der Waals surface area contributed by atoms with Crippen molar-refractivity contribution in [2.24, 2.45) is 5.73 Å². The van der Waals surface area contributed by atoms with Gasteiger partial charge in [-0.15, -0.1) is 0 Å². The van der Waals surface area contributed by atoms with E-state index in [4.69, 9.17) is 5.73 Å². The molecule has 14 heavy (non-hydrogen) atoms. The van der Waals surface area contributed by atoms with E-state index in [-0.39, 0.29) is 5.56 Å². The van der Waals surface area contributed by atoms with E-state index in [9.17, 15) is 13.9 Å². The normalized spacial score (nSPS) is 26.0. The monoisotopic (exact) mass is 199 g/mol. The third kappa shape index (κ3) is 1.40. The van der Waals surface area contributed by atoms with Gasteiger partial charge in [-0.25, -0.2) is 8.78 Å². The summed E-state index contributed by atoms with van der Waals surface area (Å²) in [5.74, 6) is -1.25. The molecule has 0 heterocycles. The zero-order valence-electron chi connectivity index (χ0n) is 7.50. The third-order valence-electron chi connectivity index (χ3n) is 2.64. The van der Waals surface area contributed by atoms with E-state index >= 15 is 0 Å². The number of halogens is 2. The van der Waals surface area contributed by atoms with Gasteiger partial charge in [0.15, 0.2) is 0 Å². The molecule has 0 radical (unpaired) electrons. The van der Waals surface area contributed by atoms with E-state index in [1.54, 1.807) is 0 Å². The van der Waals surface area contributed by atoms with Crippen molar-refractivity contribution in [1.82, 2.24) is 0 Å². The van der Waals surface area contributed by atoms with Crippen LogP contribution in [-0.2, 0) is 6.42 Å². The van der Waals surface area contributed by atoms with E-state index in [0.29, 0.717) is 18.4 Å². The molecule has 0 saturated heterocycles. The van der Waals surface area contributed by atoms with E-state index in [1.165, 1.54) is 6.07 Å². The van der Waals surface area contributed by atoms with Crippen LogP contribution in [0, 0.1) is 11.6 Å². The Balaban J connectivity index is 2.54. The van der Waals surface area contributed by atoms with Crippen molar-refractivity contribution >= 4 is 0 Å². The Bertz CT molecular complexity index is 367. The molecule has 2 nitrogen and oxygen atoms in total. The van der Waals surface area contributed by atoms with Gasteiger partial charge in [-0.1, -0.05) is 0 Å². The minimum absolute atomic E-state index is 0.255. The Labute approximate surface area is 80.4 Å². The number of aliphatic hydroxyl groups is 1. The third-order valence-corrected chi connectivity index (χ3v) is 2.64. The summed E-state index contributed by atoms with van der Waals surface area (Å²) in [5, 5.41) is 9.43. The van der Waals surface area contributed by atoms with Gasteiger partial charge in [-0.2, -0.15) is 0 Å². The number of aryl methyl sites for hydroxylation is 1. The Morgan fingerprint density at radius 1 is 1.36 bits per heavy atom. The first kappa shape index (κ1) is 9.55. The maximum Gasteiger partial charge on any atom is 0.131 e. The first-order valence-corrected chi connectivity index (χ1v) is 4.51. The summed E-state index contributed by atoms with van der Waals surface area (Å²) in [7, 11) is 0. The van der Waals surface area contributed by atoms with Crippen LogP contribution in [0.2, 0.25) is 0 Å². The average molecular weight is 199 g/mol. The maximum absolute atomic E-state index is 13.3. The lowest BCUT2D eigenvalue weighted by atomic mass is 9.86. The summed E-state index contributed by atoms with van der Waals surface area (Å²) in [6.07, 6.45) is 0.193. The summed E-state index contributed by atoms with van der Waals surface area (Å²) in [4.78, 5) is 0. The van der Waals surface area contributed by atoms with Crippen LogP contribution in [0.1, 0.15) is 23.6 Å². The van der Waals surface area contributed by atoms with E-state index in [0.717, 1.165) is 6.07 Å². The Morgan fingerprint density at radius 3 is 2.79 bits per heavy atom. The molecule has 0 aromatic heterocycles. The standard InChI is InChI=1S/C10H11F2NO/c11-6-3-5-1-2-8(14)10(13)9(5)7(12)4-6/h3-4,8,10,14H,1-2,13H2. The van der Waals surface area contributed by atoms with Crippen molar-refractivity contribution in [2.45, 2.75) is 25.0 Å². The molecule has 2 atom stereocenters. The molecule has 0 bridgehead atoms. The summed E-state index contributed by atoms with van der Waals surface area (Å²) in [5.41, 5.74) is 6.45. The molecule has 0 spiro atoms. The van der Waals surface area contributed by atoms with Crippen LogP contribution in [0.3, 0.4) is 0 Å². The maximum atomic E-state index is 13.3. The summed E-state index contributed by atoms with van der Waals surface area (Å²) in [6, 6.07) is 1.35. The molecule has 0 fully saturated rings. The molecule has 0 saturated carbocycles. The lowest BCUT2D eigenvalue weighted by Gasteiger charge is -2.27. The number of nitrogens with two attached hydrogens (primary N) is 1. The van der Waals surface area contributed by atoms with Crippen LogP contribution in [0.5, 0.6) is 0 Å². The van der Waals surface area contributed by atoms with Gasteiger partial charge in [0.2, 0.25) is 0 Å². The van der Waals surface area contributed by atoms with Crippen LogP contribution in [0.25, 0.3) is 0 Å². The molecule has 2 unspecified atom stereocenters. The molecule has 1 aromatic rings. The van der Waals surface area contributed by atoms with Crippen molar-refractivity contribution in [3.63, 3.8) is 0 Å². The molecular formula is C10H11F2NO. The van der Waals surface area contributed by atoms with Crippen LogP contribution < -0.4 is 5.73 Å². The number of benzene rings is 1.